The highest BCUT2D eigenvalue weighted by molar-refractivity contribution is 8.09. The van der Waals surface area contributed by atoms with E-state index in [4.69, 9.17) is 22.5 Å². The Labute approximate surface area is 128 Å². The third-order valence-electron chi connectivity index (χ3n) is 3.39. The van der Waals surface area contributed by atoms with Crippen LogP contribution in [0, 0.1) is 0 Å². The lowest BCUT2D eigenvalue weighted by Gasteiger charge is -2.27. The minimum Gasteiger partial charge on any atom is -0.300 e. The lowest BCUT2D eigenvalue weighted by atomic mass is 9.86. The Hall–Kier alpha value is 0.190. The van der Waals surface area contributed by atoms with Crippen LogP contribution in [-0.4, -0.2) is 18.0 Å². The number of hydrogen-bond acceptors (Lipinski definition) is 1. The molecule has 4 heteroatoms. The van der Waals surface area contributed by atoms with Gasteiger partial charge in [-0.3, -0.25) is 4.90 Å². The number of nitrogens with zero attached hydrogens (tertiary/aromatic N) is 1. The zero-order chi connectivity index (χ0) is 14.6. The average molecular weight is 320 g/mol. The molecule has 0 aliphatic carbocycles. The van der Waals surface area contributed by atoms with Gasteiger partial charge in [0.15, 0.2) is 0 Å². The van der Waals surface area contributed by atoms with Crippen LogP contribution >= 0.6 is 29.1 Å². The summed E-state index contributed by atoms with van der Waals surface area (Å²) >= 11 is 12.6. The summed E-state index contributed by atoms with van der Waals surface area (Å²) in [6, 6.07) is 6.43. The highest BCUT2D eigenvalue weighted by Gasteiger charge is 2.24. The van der Waals surface area contributed by atoms with E-state index >= 15 is 0 Å². The van der Waals surface area contributed by atoms with Crippen LogP contribution in [-0.2, 0) is 12.0 Å². The van der Waals surface area contributed by atoms with E-state index in [0.717, 1.165) is 24.9 Å². The molecule has 0 radical (unpaired) electrons. The van der Waals surface area contributed by atoms with Crippen molar-refractivity contribution in [2.24, 2.45) is 0 Å². The fourth-order valence-electron chi connectivity index (χ4n) is 2.21. The number of halogens is 2. The predicted molar refractivity (Wildman–Crippen MR) is 90.0 cm³/mol. The Morgan fingerprint density at radius 2 is 1.68 bits per heavy atom. The van der Waals surface area contributed by atoms with Gasteiger partial charge >= 0.3 is 0 Å². The second-order valence-electron chi connectivity index (χ2n) is 5.76. The molecule has 0 saturated carbocycles. The molecule has 1 aromatic carbocycles. The van der Waals surface area contributed by atoms with Gasteiger partial charge in [-0.05, 0) is 29.6 Å². The van der Waals surface area contributed by atoms with Crippen molar-refractivity contribution in [3.05, 3.63) is 29.3 Å². The quantitative estimate of drug-likeness (QED) is 0.671. The normalized spacial score (nSPS) is 12.5. The molecule has 0 bridgehead atoms. The van der Waals surface area contributed by atoms with Crippen molar-refractivity contribution < 1.29 is 0 Å². The second-order valence-corrected chi connectivity index (χ2v) is 9.22. The maximum absolute atomic E-state index is 6.30. The zero-order valence-corrected chi connectivity index (χ0v) is 14.9. The van der Waals surface area contributed by atoms with E-state index in [1.54, 1.807) is 0 Å². The Morgan fingerprint density at radius 1 is 1.11 bits per heavy atom. The fraction of sp³-hybridized carbons (Fsp3) is 0.600. The number of hydrogen-bond donors (Lipinski definition) is 0. The summed E-state index contributed by atoms with van der Waals surface area (Å²) in [5.74, 6) is 0. The average Bonchev–Trinajstić information content (AvgIpc) is 2.34. The third-order valence-corrected chi connectivity index (χ3v) is 5.27. The Bertz CT molecular complexity index is 409. The van der Waals surface area contributed by atoms with E-state index in [-0.39, 0.29) is 5.41 Å². The first-order valence-electron chi connectivity index (χ1n) is 6.77. The summed E-state index contributed by atoms with van der Waals surface area (Å²) in [5.41, 5.74) is 2.61. The van der Waals surface area contributed by atoms with Gasteiger partial charge in [0.2, 0.25) is 0 Å². The van der Waals surface area contributed by atoms with Gasteiger partial charge in [0.25, 0.3) is 0 Å². The largest absolute Gasteiger partial charge is 0.300 e. The summed E-state index contributed by atoms with van der Waals surface area (Å²) in [5, 5.41) is 1.15. The van der Waals surface area contributed by atoms with Crippen LogP contribution in [0.3, 0.4) is 0 Å². The molecule has 108 valence electrons. The third kappa shape index (κ3) is 4.60. The van der Waals surface area contributed by atoms with Gasteiger partial charge in [0, 0.05) is 11.8 Å². The van der Waals surface area contributed by atoms with Crippen molar-refractivity contribution in [3.8, 4) is 0 Å². The molecule has 0 aromatic heterocycles. The van der Waals surface area contributed by atoms with Crippen LogP contribution < -0.4 is 5.30 Å². The fourth-order valence-corrected chi connectivity index (χ4v) is 4.36. The molecule has 1 nitrogen and oxygen atoms in total. The van der Waals surface area contributed by atoms with Gasteiger partial charge < -0.3 is 0 Å². The van der Waals surface area contributed by atoms with E-state index in [1.807, 2.05) is 0 Å². The lowest BCUT2D eigenvalue weighted by Crippen LogP contribution is -2.28. The van der Waals surface area contributed by atoms with Crippen molar-refractivity contribution in [2.75, 3.05) is 13.1 Å². The molecular formula is C15H24Cl2NP. The molecule has 0 unspecified atom stereocenters. The molecule has 0 heterocycles. The van der Waals surface area contributed by atoms with Gasteiger partial charge in [-0.15, -0.1) is 0 Å². The molecule has 1 aromatic rings. The molecule has 0 N–H and O–H groups in total. The van der Waals surface area contributed by atoms with Crippen molar-refractivity contribution in [1.29, 1.82) is 0 Å². The zero-order valence-electron chi connectivity index (χ0n) is 12.5. The van der Waals surface area contributed by atoms with Crippen LogP contribution in [0.25, 0.3) is 0 Å². The Kier molecular flexibility index (Phi) is 6.60. The summed E-state index contributed by atoms with van der Waals surface area (Å²) in [6.07, 6.45) is 0. The summed E-state index contributed by atoms with van der Waals surface area (Å²) in [4.78, 5) is 2.39. The molecular weight excluding hydrogens is 296 g/mol. The van der Waals surface area contributed by atoms with Crippen LogP contribution in [0.5, 0.6) is 0 Å². The lowest BCUT2D eigenvalue weighted by molar-refractivity contribution is 0.296. The maximum Gasteiger partial charge on any atom is 0.117 e. The second kappa shape index (κ2) is 7.27. The standard InChI is InChI=1S/C15H24Cl2NP/c1-6-18(7-2)11-12-9-8-10-13(15(3,4)5)14(12)19(16)17/h8-10H,6-7,11H2,1-5H3. The maximum atomic E-state index is 6.30. The molecule has 0 fully saturated rings. The highest BCUT2D eigenvalue weighted by atomic mass is 35.9. The van der Waals surface area contributed by atoms with Crippen molar-refractivity contribution in [2.45, 2.75) is 46.6 Å². The van der Waals surface area contributed by atoms with E-state index in [0.29, 0.717) is 0 Å². The van der Waals surface area contributed by atoms with Gasteiger partial charge in [0.1, 0.15) is 6.63 Å². The van der Waals surface area contributed by atoms with Crippen LogP contribution in [0.4, 0.5) is 0 Å². The van der Waals surface area contributed by atoms with Crippen LogP contribution in [0.1, 0.15) is 45.7 Å². The minimum absolute atomic E-state index is 0.0684. The molecule has 19 heavy (non-hydrogen) atoms. The van der Waals surface area contributed by atoms with E-state index < -0.39 is 6.63 Å². The van der Waals surface area contributed by atoms with Crippen molar-refractivity contribution >= 4 is 34.4 Å². The van der Waals surface area contributed by atoms with E-state index in [2.05, 4.69) is 57.7 Å². The first-order chi connectivity index (χ1) is 8.81. The SMILES string of the molecule is CCN(CC)Cc1cccc(C(C)(C)C)c1P(Cl)Cl. The smallest absolute Gasteiger partial charge is 0.117 e. The van der Waals surface area contributed by atoms with Crippen molar-refractivity contribution in [3.63, 3.8) is 0 Å². The summed E-state index contributed by atoms with van der Waals surface area (Å²) in [6.45, 7) is 12.9. The van der Waals surface area contributed by atoms with E-state index in [1.165, 1.54) is 11.1 Å². The van der Waals surface area contributed by atoms with Crippen LogP contribution in [0.2, 0.25) is 0 Å². The Morgan fingerprint density at radius 3 is 2.11 bits per heavy atom. The summed E-state index contributed by atoms with van der Waals surface area (Å²) in [7, 11) is 0. The molecule has 0 aliphatic rings. The molecule has 1 rings (SSSR count). The first-order valence-corrected chi connectivity index (χ1v) is 9.92. The molecule has 0 amide bonds. The van der Waals surface area contributed by atoms with E-state index in [9.17, 15) is 0 Å². The van der Waals surface area contributed by atoms with Gasteiger partial charge in [0.05, 0.1) is 0 Å². The monoisotopic (exact) mass is 319 g/mol. The minimum atomic E-state index is -1.12. The molecule has 0 spiro atoms. The topological polar surface area (TPSA) is 3.24 Å². The molecule has 0 saturated heterocycles. The van der Waals surface area contributed by atoms with Gasteiger partial charge in [-0.2, -0.15) is 0 Å². The summed E-state index contributed by atoms with van der Waals surface area (Å²) < 4.78 is 0. The van der Waals surface area contributed by atoms with Crippen LogP contribution in [0.15, 0.2) is 18.2 Å². The Balaban J connectivity index is 3.25. The van der Waals surface area contributed by atoms with Crippen molar-refractivity contribution in [1.82, 2.24) is 4.90 Å². The first kappa shape index (κ1) is 17.2. The number of rotatable bonds is 5. The highest BCUT2D eigenvalue weighted by Crippen LogP contribution is 2.48. The number of benzene rings is 1. The molecule has 0 atom stereocenters. The van der Waals surface area contributed by atoms with Gasteiger partial charge in [-0.25, -0.2) is 0 Å². The van der Waals surface area contributed by atoms with Gasteiger partial charge in [-0.1, -0.05) is 75.3 Å². The predicted octanol–water partition coefficient (Wildman–Crippen LogP) is 5.24. The molecule has 0 aliphatic heterocycles.